The fraction of sp³-hybridized carbons (Fsp3) is 0.273. The van der Waals surface area contributed by atoms with E-state index in [4.69, 9.17) is 14.6 Å². The van der Waals surface area contributed by atoms with Crippen LogP contribution in [0.2, 0.25) is 0 Å². The number of hydrogen-bond acceptors (Lipinski definition) is 3. The summed E-state index contributed by atoms with van der Waals surface area (Å²) in [7, 11) is 0. The van der Waals surface area contributed by atoms with Crippen LogP contribution in [0, 0.1) is 0 Å². The van der Waals surface area contributed by atoms with Crippen LogP contribution in [0.5, 0.6) is 11.5 Å². The Balaban J connectivity index is 2.31. The van der Waals surface area contributed by atoms with Crippen molar-refractivity contribution in [2.45, 2.75) is 13.0 Å². The summed E-state index contributed by atoms with van der Waals surface area (Å²) < 4.78 is 11.4. The van der Waals surface area contributed by atoms with E-state index in [1.54, 1.807) is 13.0 Å². The highest BCUT2D eigenvalue weighted by Gasteiger charge is 2.17. The lowest BCUT2D eigenvalue weighted by Crippen LogP contribution is -1.93. The molecule has 0 fully saturated rings. The van der Waals surface area contributed by atoms with Crippen molar-refractivity contribution in [3.8, 4) is 11.5 Å². The van der Waals surface area contributed by atoms with Crippen molar-refractivity contribution in [1.29, 1.82) is 0 Å². The van der Waals surface area contributed by atoms with Gasteiger partial charge in [0, 0.05) is 0 Å². The van der Waals surface area contributed by atoms with Gasteiger partial charge in [-0.2, -0.15) is 0 Å². The number of fused-ring (bicyclic) bond motifs is 1. The predicted octanol–water partition coefficient (Wildman–Crippen LogP) is 2.57. The first-order chi connectivity index (χ1) is 7.16. The number of rotatable bonds is 2. The van der Waals surface area contributed by atoms with Gasteiger partial charge in [0.1, 0.15) is 0 Å². The van der Waals surface area contributed by atoms with Gasteiger partial charge in [-0.15, -0.1) is 0 Å². The first-order valence-electron chi connectivity index (χ1n) is 4.62. The number of halogens is 1. The van der Waals surface area contributed by atoms with E-state index in [0.29, 0.717) is 0 Å². The molecule has 0 saturated carbocycles. The van der Waals surface area contributed by atoms with Gasteiger partial charge in [0.2, 0.25) is 6.79 Å². The minimum atomic E-state index is -0.450. The summed E-state index contributed by atoms with van der Waals surface area (Å²) in [6, 6.07) is 3.80. The summed E-state index contributed by atoms with van der Waals surface area (Å²) in [5, 5.41) is 9.12. The molecule has 0 bridgehead atoms. The number of hydrogen-bond donors (Lipinski definition) is 1. The molecule has 1 heterocycles. The molecule has 0 radical (unpaired) electrons. The molecule has 0 aromatic heterocycles. The minimum absolute atomic E-state index is 0.261. The normalized spacial score (nSPS) is 15.9. The first-order valence-corrected chi connectivity index (χ1v) is 5.41. The van der Waals surface area contributed by atoms with Crippen molar-refractivity contribution in [3.63, 3.8) is 0 Å². The molecule has 0 saturated heterocycles. The summed E-state index contributed by atoms with van der Waals surface area (Å²) in [6.07, 6.45) is 3.11. The second-order valence-electron chi connectivity index (χ2n) is 3.34. The topological polar surface area (TPSA) is 38.7 Å². The molecule has 3 nitrogen and oxygen atoms in total. The van der Waals surface area contributed by atoms with Crippen molar-refractivity contribution in [1.82, 2.24) is 0 Å². The summed E-state index contributed by atoms with van der Waals surface area (Å²) >= 11 is 3.40. The van der Waals surface area contributed by atoms with Crippen molar-refractivity contribution < 1.29 is 14.6 Å². The van der Waals surface area contributed by atoms with Crippen molar-refractivity contribution in [3.05, 3.63) is 28.2 Å². The predicted molar refractivity (Wildman–Crippen MR) is 61.0 cm³/mol. The molecule has 2 rings (SSSR count). The number of aliphatic hydroxyl groups is 1. The van der Waals surface area contributed by atoms with Crippen LogP contribution in [0.4, 0.5) is 0 Å². The van der Waals surface area contributed by atoms with Gasteiger partial charge in [-0.05, 0) is 40.5 Å². The molecule has 1 aliphatic heterocycles. The maximum Gasteiger partial charge on any atom is 0.231 e. The Bertz CT molecular complexity index is 399. The van der Waals surface area contributed by atoms with E-state index < -0.39 is 6.10 Å². The summed E-state index contributed by atoms with van der Waals surface area (Å²) in [4.78, 5) is 0. The van der Waals surface area contributed by atoms with E-state index in [0.717, 1.165) is 21.5 Å². The van der Waals surface area contributed by atoms with Gasteiger partial charge < -0.3 is 14.6 Å². The summed E-state index contributed by atoms with van der Waals surface area (Å²) in [5.41, 5.74) is 0.965. The molecule has 80 valence electrons. The first kappa shape index (κ1) is 10.5. The van der Waals surface area contributed by atoms with Crippen LogP contribution in [0.3, 0.4) is 0 Å². The zero-order chi connectivity index (χ0) is 10.8. The maximum atomic E-state index is 9.12. The van der Waals surface area contributed by atoms with E-state index in [-0.39, 0.29) is 6.79 Å². The van der Waals surface area contributed by atoms with Crippen LogP contribution in [-0.2, 0) is 0 Å². The molecule has 1 atom stereocenters. The summed E-state index contributed by atoms with van der Waals surface area (Å²) in [5.74, 6) is 1.47. The molecular weight excluding hydrogens is 260 g/mol. The second kappa shape index (κ2) is 4.24. The molecule has 1 aliphatic rings. The van der Waals surface area contributed by atoms with E-state index in [1.807, 2.05) is 18.2 Å². The Kier molecular flexibility index (Phi) is 2.98. The molecule has 0 aliphatic carbocycles. The molecule has 0 spiro atoms. The van der Waals surface area contributed by atoms with Crippen molar-refractivity contribution in [2.75, 3.05) is 6.79 Å². The Labute approximate surface area is 96.4 Å². The van der Waals surface area contributed by atoms with E-state index in [2.05, 4.69) is 15.9 Å². The van der Waals surface area contributed by atoms with Crippen LogP contribution in [0.1, 0.15) is 12.5 Å². The zero-order valence-electron chi connectivity index (χ0n) is 8.24. The average molecular weight is 271 g/mol. The molecule has 4 heteroatoms. The van der Waals surface area contributed by atoms with Gasteiger partial charge in [0.15, 0.2) is 11.5 Å². The average Bonchev–Trinajstić information content (AvgIpc) is 2.63. The lowest BCUT2D eigenvalue weighted by molar-refractivity contribution is 0.173. The smallest absolute Gasteiger partial charge is 0.231 e. The third-order valence-corrected chi connectivity index (χ3v) is 2.61. The Morgan fingerprint density at radius 1 is 1.47 bits per heavy atom. The molecule has 1 unspecified atom stereocenters. The van der Waals surface area contributed by atoms with Gasteiger partial charge >= 0.3 is 0 Å². The van der Waals surface area contributed by atoms with Crippen molar-refractivity contribution in [2.24, 2.45) is 0 Å². The molecule has 0 amide bonds. The highest BCUT2D eigenvalue weighted by atomic mass is 79.9. The highest BCUT2D eigenvalue weighted by molar-refractivity contribution is 9.10. The molecular formula is C11H11BrO3. The number of benzene rings is 1. The fourth-order valence-corrected chi connectivity index (χ4v) is 1.91. The highest BCUT2D eigenvalue weighted by Crippen LogP contribution is 2.40. The molecule has 1 aromatic rings. The lowest BCUT2D eigenvalue weighted by atomic mass is 10.1. The summed E-state index contributed by atoms with van der Waals surface area (Å²) in [6.45, 7) is 1.97. The Morgan fingerprint density at radius 2 is 2.27 bits per heavy atom. The number of ether oxygens (including phenoxy) is 2. The van der Waals surface area contributed by atoms with Crippen LogP contribution in [0.25, 0.3) is 6.08 Å². The Hall–Kier alpha value is -1.00. The largest absolute Gasteiger partial charge is 0.454 e. The third-order valence-electron chi connectivity index (χ3n) is 2.02. The molecule has 1 N–H and O–H groups in total. The molecule has 15 heavy (non-hydrogen) atoms. The number of aliphatic hydroxyl groups excluding tert-OH is 1. The van der Waals surface area contributed by atoms with Crippen LogP contribution >= 0.6 is 15.9 Å². The van der Waals surface area contributed by atoms with Gasteiger partial charge in [-0.3, -0.25) is 0 Å². The standard InChI is InChI=1S/C11H11BrO3/c1-7(13)2-3-8-4-9(12)11-10(5-8)14-6-15-11/h2-5,7,13H,6H2,1H3/b3-2+. The zero-order valence-corrected chi connectivity index (χ0v) is 9.82. The second-order valence-corrected chi connectivity index (χ2v) is 4.19. The molecule has 1 aromatic carbocycles. The van der Waals surface area contributed by atoms with E-state index >= 15 is 0 Å². The van der Waals surface area contributed by atoms with E-state index in [1.165, 1.54) is 0 Å². The van der Waals surface area contributed by atoms with Gasteiger partial charge in [0.25, 0.3) is 0 Å². The van der Waals surface area contributed by atoms with E-state index in [9.17, 15) is 0 Å². The SMILES string of the molecule is CC(O)/C=C/c1cc(Br)c2c(c1)OCO2. The van der Waals surface area contributed by atoms with Crippen LogP contribution < -0.4 is 9.47 Å². The fourth-order valence-electron chi connectivity index (χ4n) is 1.33. The van der Waals surface area contributed by atoms with Gasteiger partial charge in [-0.1, -0.05) is 12.2 Å². The van der Waals surface area contributed by atoms with Crippen LogP contribution in [-0.4, -0.2) is 18.0 Å². The van der Waals surface area contributed by atoms with Gasteiger partial charge in [0.05, 0.1) is 10.6 Å². The third kappa shape index (κ3) is 2.33. The van der Waals surface area contributed by atoms with Crippen LogP contribution in [0.15, 0.2) is 22.7 Å². The van der Waals surface area contributed by atoms with Crippen molar-refractivity contribution >= 4 is 22.0 Å². The quantitative estimate of drug-likeness (QED) is 0.898. The maximum absolute atomic E-state index is 9.12. The minimum Gasteiger partial charge on any atom is -0.454 e. The van der Waals surface area contributed by atoms with Gasteiger partial charge in [-0.25, -0.2) is 0 Å². The lowest BCUT2D eigenvalue weighted by Gasteiger charge is -2.01. The Morgan fingerprint density at radius 3 is 3.00 bits per heavy atom. The monoisotopic (exact) mass is 270 g/mol.